The minimum atomic E-state index is -0.586. The number of rotatable bonds is 4. The zero-order valence-electron chi connectivity index (χ0n) is 13.7. The van der Waals surface area contributed by atoms with Gasteiger partial charge in [0.1, 0.15) is 0 Å². The quantitative estimate of drug-likeness (QED) is 0.794. The molecule has 1 aliphatic carbocycles. The Bertz CT molecular complexity index is 793. The molecule has 130 valence electrons. The van der Waals surface area contributed by atoms with E-state index in [2.05, 4.69) is 10.6 Å². The van der Waals surface area contributed by atoms with Gasteiger partial charge in [-0.3, -0.25) is 0 Å². The standard InChI is InChI=1S/C19H20N2O4/c22-15-10-13-3-1-2-4-14(13)18(15)21-19(23)20-8-7-12-5-6-16-17(9-12)25-11-24-16/h1-6,9,15,18,22H,7-8,10-11H2,(H2,20,21,23)/t15-,18+/m0/s1. The Morgan fingerprint density at radius 2 is 2.00 bits per heavy atom. The normalized spacial score (nSPS) is 20.2. The second-order valence-corrected chi connectivity index (χ2v) is 6.29. The van der Waals surface area contributed by atoms with Gasteiger partial charge in [-0.2, -0.15) is 0 Å². The van der Waals surface area contributed by atoms with Crippen molar-refractivity contribution in [3.63, 3.8) is 0 Å². The molecule has 1 heterocycles. The van der Waals surface area contributed by atoms with E-state index in [4.69, 9.17) is 9.47 Å². The van der Waals surface area contributed by atoms with Gasteiger partial charge in [-0.1, -0.05) is 30.3 Å². The molecular formula is C19H20N2O4. The second-order valence-electron chi connectivity index (χ2n) is 6.29. The Hall–Kier alpha value is -2.73. The highest BCUT2D eigenvalue weighted by molar-refractivity contribution is 5.74. The summed E-state index contributed by atoms with van der Waals surface area (Å²) < 4.78 is 10.6. The molecule has 6 heteroatoms. The van der Waals surface area contributed by atoms with Crippen LogP contribution in [-0.2, 0) is 12.8 Å². The minimum absolute atomic E-state index is 0.255. The topological polar surface area (TPSA) is 79.8 Å². The summed E-state index contributed by atoms with van der Waals surface area (Å²) in [6.45, 7) is 0.751. The number of carbonyl (C=O) groups is 1. The maximum Gasteiger partial charge on any atom is 0.315 e. The molecule has 2 amide bonds. The molecule has 0 aromatic heterocycles. The number of aliphatic hydroxyl groups excluding tert-OH is 1. The van der Waals surface area contributed by atoms with Crippen molar-refractivity contribution in [2.75, 3.05) is 13.3 Å². The fourth-order valence-electron chi connectivity index (χ4n) is 3.36. The lowest BCUT2D eigenvalue weighted by atomic mass is 10.1. The molecule has 6 nitrogen and oxygen atoms in total. The van der Waals surface area contributed by atoms with E-state index in [1.165, 1.54) is 0 Å². The highest BCUT2D eigenvalue weighted by Crippen LogP contribution is 2.33. The van der Waals surface area contributed by atoms with Gasteiger partial charge in [0.15, 0.2) is 11.5 Å². The molecule has 0 radical (unpaired) electrons. The smallest absolute Gasteiger partial charge is 0.315 e. The molecule has 4 rings (SSSR count). The summed E-state index contributed by atoms with van der Waals surface area (Å²) in [6, 6.07) is 12.9. The van der Waals surface area contributed by atoms with Gasteiger partial charge >= 0.3 is 6.03 Å². The summed E-state index contributed by atoms with van der Waals surface area (Å²) in [5.74, 6) is 1.50. The number of amides is 2. The first-order chi connectivity index (χ1) is 12.2. The van der Waals surface area contributed by atoms with Crippen LogP contribution < -0.4 is 20.1 Å². The van der Waals surface area contributed by atoms with Gasteiger partial charge < -0.3 is 25.2 Å². The molecule has 0 fully saturated rings. The van der Waals surface area contributed by atoms with Crippen LogP contribution >= 0.6 is 0 Å². The van der Waals surface area contributed by atoms with Crippen molar-refractivity contribution in [3.05, 3.63) is 59.2 Å². The lowest BCUT2D eigenvalue weighted by Gasteiger charge is -2.18. The molecule has 0 saturated carbocycles. The first-order valence-corrected chi connectivity index (χ1v) is 8.39. The molecule has 25 heavy (non-hydrogen) atoms. The Balaban J connectivity index is 1.30. The number of ether oxygens (including phenoxy) is 2. The molecule has 2 aromatic rings. The molecule has 2 aliphatic rings. The van der Waals surface area contributed by atoms with Crippen molar-refractivity contribution >= 4 is 6.03 Å². The van der Waals surface area contributed by atoms with Gasteiger partial charge in [0.05, 0.1) is 12.1 Å². The molecule has 0 bridgehead atoms. The molecule has 0 unspecified atom stereocenters. The Morgan fingerprint density at radius 1 is 1.16 bits per heavy atom. The number of hydrogen-bond donors (Lipinski definition) is 3. The number of aliphatic hydroxyl groups is 1. The molecule has 2 atom stereocenters. The van der Waals surface area contributed by atoms with Crippen LogP contribution in [0, 0.1) is 0 Å². The van der Waals surface area contributed by atoms with Crippen LogP contribution in [0.5, 0.6) is 11.5 Å². The van der Waals surface area contributed by atoms with Crippen LogP contribution in [-0.4, -0.2) is 30.6 Å². The van der Waals surface area contributed by atoms with Crippen molar-refractivity contribution in [2.24, 2.45) is 0 Å². The maximum absolute atomic E-state index is 12.2. The summed E-state index contributed by atoms with van der Waals surface area (Å²) >= 11 is 0. The van der Waals surface area contributed by atoms with E-state index in [0.29, 0.717) is 19.4 Å². The Morgan fingerprint density at radius 3 is 2.92 bits per heavy atom. The fourth-order valence-corrected chi connectivity index (χ4v) is 3.36. The van der Waals surface area contributed by atoms with Gasteiger partial charge in [0, 0.05) is 13.0 Å². The SMILES string of the molecule is O=C(NCCc1ccc2c(c1)OCO2)N[C@@H]1c2ccccc2C[C@@H]1O. The van der Waals surface area contributed by atoms with Crippen molar-refractivity contribution in [3.8, 4) is 11.5 Å². The molecule has 1 aliphatic heterocycles. The third kappa shape index (κ3) is 3.25. The number of urea groups is 1. The van der Waals surface area contributed by atoms with Gasteiger partial charge in [0.25, 0.3) is 0 Å². The summed E-state index contributed by atoms with van der Waals surface area (Å²) in [4.78, 5) is 12.2. The van der Waals surface area contributed by atoms with Crippen molar-refractivity contribution in [2.45, 2.75) is 25.0 Å². The molecule has 2 aromatic carbocycles. The summed E-state index contributed by atoms with van der Waals surface area (Å²) in [7, 11) is 0. The van der Waals surface area contributed by atoms with Crippen molar-refractivity contribution in [1.82, 2.24) is 10.6 Å². The second kappa shape index (κ2) is 6.64. The van der Waals surface area contributed by atoms with E-state index < -0.39 is 6.10 Å². The van der Waals surface area contributed by atoms with Gasteiger partial charge in [-0.05, 0) is 35.2 Å². The van der Waals surface area contributed by atoms with Crippen molar-refractivity contribution in [1.29, 1.82) is 0 Å². The van der Waals surface area contributed by atoms with Crippen LogP contribution in [0.15, 0.2) is 42.5 Å². The predicted molar refractivity (Wildman–Crippen MR) is 91.7 cm³/mol. The van der Waals surface area contributed by atoms with Crippen LogP contribution in [0.3, 0.4) is 0 Å². The molecule has 3 N–H and O–H groups in total. The van der Waals surface area contributed by atoms with E-state index in [1.54, 1.807) is 0 Å². The van der Waals surface area contributed by atoms with Crippen molar-refractivity contribution < 1.29 is 19.4 Å². The molecule has 0 saturated heterocycles. The lowest BCUT2D eigenvalue weighted by Crippen LogP contribution is -2.41. The average molecular weight is 340 g/mol. The Labute approximate surface area is 145 Å². The fraction of sp³-hybridized carbons (Fsp3) is 0.316. The van der Waals surface area contributed by atoms with E-state index >= 15 is 0 Å². The first kappa shape index (κ1) is 15.8. The Kier molecular flexibility index (Phi) is 4.19. The summed E-state index contributed by atoms with van der Waals surface area (Å²) in [6.07, 6.45) is 0.670. The van der Waals surface area contributed by atoms with Crippen LogP contribution in [0.1, 0.15) is 22.7 Å². The molecule has 0 spiro atoms. The lowest BCUT2D eigenvalue weighted by molar-refractivity contribution is 0.142. The van der Waals surface area contributed by atoms with Gasteiger partial charge in [0.2, 0.25) is 6.79 Å². The maximum atomic E-state index is 12.2. The number of hydrogen-bond acceptors (Lipinski definition) is 4. The van der Waals surface area contributed by atoms with E-state index in [-0.39, 0.29) is 18.9 Å². The largest absolute Gasteiger partial charge is 0.454 e. The van der Waals surface area contributed by atoms with Gasteiger partial charge in [-0.25, -0.2) is 4.79 Å². The molecular weight excluding hydrogens is 320 g/mol. The predicted octanol–water partition coefficient (Wildman–Crippen LogP) is 1.92. The minimum Gasteiger partial charge on any atom is -0.454 e. The summed E-state index contributed by atoms with van der Waals surface area (Å²) in [5.41, 5.74) is 3.14. The van der Waals surface area contributed by atoms with E-state index in [0.717, 1.165) is 28.2 Å². The first-order valence-electron chi connectivity index (χ1n) is 8.39. The highest BCUT2D eigenvalue weighted by Gasteiger charge is 2.31. The van der Waals surface area contributed by atoms with E-state index in [1.807, 2.05) is 42.5 Å². The monoisotopic (exact) mass is 340 g/mol. The number of carbonyl (C=O) groups excluding carboxylic acids is 1. The summed E-state index contributed by atoms with van der Waals surface area (Å²) in [5, 5.41) is 15.9. The van der Waals surface area contributed by atoms with Crippen LogP contribution in [0.4, 0.5) is 4.79 Å². The third-order valence-electron chi connectivity index (χ3n) is 4.63. The van der Waals surface area contributed by atoms with Crippen LogP contribution in [0.25, 0.3) is 0 Å². The highest BCUT2D eigenvalue weighted by atomic mass is 16.7. The zero-order chi connectivity index (χ0) is 17.2. The van der Waals surface area contributed by atoms with Crippen LogP contribution in [0.2, 0.25) is 0 Å². The number of nitrogens with one attached hydrogen (secondary N) is 2. The van der Waals surface area contributed by atoms with Gasteiger partial charge in [-0.15, -0.1) is 0 Å². The van der Waals surface area contributed by atoms with E-state index in [9.17, 15) is 9.90 Å². The number of benzene rings is 2. The number of fused-ring (bicyclic) bond motifs is 2. The zero-order valence-corrected chi connectivity index (χ0v) is 13.7. The third-order valence-corrected chi connectivity index (χ3v) is 4.63. The average Bonchev–Trinajstić information content (AvgIpc) is 3.19.